The van der Waals surface area contributed by atoms with E-state index in [1.165, 1.54) is 19.4 Å². The van der Waals surface area contributed by atoms with Crippen molar-refractivity contribution in [1.82, 2.24) is 5.43 Å². The van der Waals surface area contributed by atoms with Gasteiger partial charge in [-0.25, -0.2) is 5.43 Å². The standard InChI is InChI=1S/C18H19IN2O4/c1-11-6-14(19)7-12(2)18(11)25-10-17(23)21-20-9-13-4-5-15(22)16(8-13)24-3/h4-9,22H,10H2,1-3H3,(H,21,23). The van der Waals surface area contributed by atoms with Gasteiger partial charge in [-0.05, 0) is 83.5 Å². The van der Waals surface area contributed by atoms with Crippen LogP contribution in [0.15, 0.2) is 35.4 Å². The van der Waals surface area contributed by atoms with E-state index >= 15 is 0 Å². The van der Waals surface area contributed by atoms with Crippen LogP contribution in [0.25, 0.3) is 0 Å². The maximum atomic E-state index is 11.9. The molecule has 0 saturated heterocycles. The lowest BCUT2D eigenvalue weighted by Gasteiger charge is -2.11. The zero-order valence-electron chi connectivity index (χ0n) is 14.2. The van der Waals surface area contributed by atoms with E-state index in [1.54, 1.807) is 12.1 Å². The fourth-order valence-corrected chi connectivity index (χ4v) is 3.18. The smallest absolute Gasteiger partial charge is 0.277 e. The molecule has 2 rings (SSSR count). The maximum absolute atomic E-state index is 11.9. The average molecular weight is 454 g/mol. The van der Waals surface area contributed by atoms with E-state index in [-0.39, 0.29) is 18.3 Å². The van der Waals surface area contributed by atoms with Crippen molar-refractivity contribution in [3.8, 4) is 17.2 Å². The van der Waals surface area contributed by atoms with Crippen molar-refractivity contribution in [2.45, 2.75) is 13.8 Å². The maximum Gasteiger partial charge on any atom is 0.277 e. The topological polar surface area (TPSA) is 80.2 Å². The lowest BCUT2D eigenvalue weighted by Crippen LogP contribution is -2.25. The van der Waals surface area contributed by atoms with Crippen LogP contribution in [0.1, 0.15) is 16.7 Å². The van der Waals surface area contributed by atoms with Gasteiger partial charge in [-0.3, -0.25) is 4.79 Å². The fourth-order valence-electron chi connectivity index (χ4n) is 2.25. The van der Waals surface area contributed by atoms with Crippen molar-refractivity contribution in [3.63, 3.8) is 0 Å². The molecule has 2 N–H and O–H groups in total. The van der Waals surface area contributed by atoms with Crippen molar-refractivity contribution in [2.24, 2.45) is 5.10 Å². The summed E-state index contributed by atoms with van der Waals surface area (Å²) in [6.45, 7) is 3.76. The number of amides is 1. The Hall–Kier alpha value is -2.29. The Kier molecular flexibility index (Phi) is 6.63. The fraction of sp³-hybridized carbons (Fsp3) is 0.222. The summed E-state index contributed by atoms with van der Waals surface area (Å²) in [5.74, 6) is 0.728. The number of nitrogens with one attached hydrogen (secondary N) is 1. The summed E-state index contributed by atoms with van der Waals surface area (Å²) in [5, 5.41) is 13.4. The molecule has 7 heteroatoms. The molecule has 0 aliphatic rings. The number of hydrogen-bond acceptors (Lipinski definition) is 5. The molecule has 0 bridgehead atoms. The first-order valence-electron chi connectivity index (χ1n) is 7.49. The minimum Gasteiger partial charge on any atom is -0.504 e. The SMILES string of the molecule is COc1cc(C=NNC(=O)COc2c(C)cc(I)cc2C)ccc1O. The molecule has 0 spiro atoms. The van der Waals surface area contributed by atoms with Crippen LogP contribution in [0, 0.1) is 17.4 Å². The number of halogens is 1. The van der Waals surface area contributed by atoms with E-state index in [1.807, 2.05) is 26.0 Å². The van der Waals surface area contributed by atoms with Crippen LogP contribution in [0.4, 0.5) is 0 Å². The normalized spacial score (nSPS) is 10.7. The first-order chi connectivity index (χ1) is 11.9. The van der Waals surface area contributed by atoms with E-state index in [4.69, 9.17) is 9.47 Å². The van der Waals surface area contributed by atoms with Gasteiger partial charge in [0.1, 0.15) is 5.75 Å². The highest BCUT2D eigenvalue weighted by Gasteiger charge is 2.08. The highest BCUT2D eigenvalue weighted by molar-refractivity contribution is 14.1. The van der Waals surface area contributed by atoms with E-state index in [9.17, 15) is 9.90 Å². The molecule has 0 fully saturated rings. The molecule has 0 heterocycles. The van der Waals surface area contributed by atoms with Crippen LogP contribution >= 0.6 is 22.6 Å². The van der Waals surface area contributed by atoms with E-state index in [2.05, 4.69) is 33.1 Å². The number of aryl methyl sites for hydroxylation is 2. The minimum absolute atomic E-state index is 0.0420. The molecule has 0 unspecified atom stereocenters. The molecule has 0 atom stereocenters. The summed E-state index contributed by atoms with van der Waals surface area (Å²) in [6.07, 6.45) is 1.46. The molecular formula is C18H19IN2O4. The lowest BCUT2D eigenvalue weighted by molar-refractivity contribution is -0.123. The van der Waals surface area contributed by atoms with Crippen LogP contribution in [-0.2, 0) is 4.79 Å². The monoisotopic (exact) mass is 454 g/mol. The number of hydrogen-bond donors (Lipinski definition) is 2. The van der Waals surface area contributed by atoms with Crippen molar-refractivity contribution < 1.29 is 19.4 Å². The third-order valence-electron chi connectivity index (χ3n) is 3.38. The zero-order valence-corrected chi connectivity index (χ0v) is 16.3. The van der Waals surface area contributed by atoms with E-state index in [0.717, 1.165) is 14.7 Å². The van der Waals surface area contributed by atoms with Gasteiger partial charge in [0.25, 0.3) is 5.91 Å². The van der Waals surface area contributed by atoms with Crippen molar-refractivity contribution in [3.05, 3.63) is 50.6 Å². The van der Waals surface area contributed by atoms with Gasteiger partial charge in [-0.1, -0.05) is 0 Å². The third-order valence-corrected chi connectivity index (χ3v) is 4.00. The summed E-state index contributed by atoms with van der Waals surface area (Å²) in [4.78, 5) is 11.9. The number of rotatable bonds is 6. The molecule has 25 heavy (non-hydrogen) atoms. The molecule has 2 aromatic rings. The van der Waals surface area contributed by atoms with Gasteiger partial charge in [-0.2, -0.15) is 5.10 Å². The number of hydrazone groups is 1. The largest absolute Gasteiger partial charge is 0.504 e. The summed E-state index contributed by atoms with van der Waals surface area (Å²) < 4.78 is 11.7. The number of carbonyl (C=O) groups is 1. The first kappa shape index (κ1) is 19.0. The number of ether oxygens (including phenoxy) is 2. The predicted octanol–water partition coefficient (Wildman–Crippen LogP) is 3.15. The molecule has 0 aliphatic heterocycles. The van der Waals surface area contributed by atoms with Gasteiger partial charge in [0.15, 0.2) is 18.1 Å². The van der Waals surface area contributed by atoms with Gasteiger partial charge in [-0.15, -0.1) is 0 Å². The number of nitrogens with zero attached hydrogens (tertiary/aromatic N) is 1. The summed E-state index contributed by atoms with van der Waals surface area (Å²) in [7, 11) is 1.46. The lowest BCUT2D eigenvalue weighted by atomic mass is 10.1. The molecule has 1 amide bonds. The molecule has 6 nitrogen and oxygen atoms in total. The van der Waals surface area contributed by atoms with Crippen molar-refractivity contribution in [1.29, 1.82) is 0 Å². The Labute approximate surface area is 160 Å². The molecular weight excluding hydrogens is 435 g/mol. The second-order valence-corrected chi connectivity index (χ2v) is 6.63. The number of benzene rings is 2. The van der Waals surface area contributed by atoms with Crippen molar-refractivity contribution >= 4 is 34.7 Å². The minimum atomic E-state index is -0.362. The molecule has 0 saturated carbocycles. The summed E-state index contributed by atoms with van der Waals surface area (Å²) >= 11 is 2.24. The van der Waals surface area contributed by atoms with Crippen LogP contribution in [0.2, 0.25) is 0 Å². The Balaban J connectivity index is 1.91. The molecule has 0 aromatic heterocycles. The second-order valence-electron chi connectivity index (χ2n) is 5.38. The number of methoxy groups -OCH3 is 1. The highest BCUT2D eigenvalue weighted by Crippen LogP contribution is 2.26. The molecule has 0 radical (unpaired) electrons. The summed E-state index contributed by atoms with van der Waals surface area (Å²) in [5.41, 5.74) is 5.05. The Morgan fingerprint density at radius 2 is 1.96 bits per heavy atom. The first-order valence-corrected chi connectivity index (χ1v) is 8.57. The molecule has 0 aliphatic carbocycles. The van der Waals surface area contributed by atoms with Gasteiger partial charge < -0.3 is 14.6 Å². The second kappa shape index (κ2) is 8.70. The number of carbonyl (C=O) groups excluding carboxylic acids is 1. The van der Waals surface area contributed by atoms with Gasteiger partial charge in [0.05, 0.1) is 13.3 Å². The number of phenols is 1. The molecule has 132 valence electrons. The zero-order chi connectivity index (χ0) is 18.4. The average Bonchev–Trinajstić information content (AvgIpc) is 2.55. The van der Waals surface area contributed by atoms with E-state index < -0.39 is 0 Å². The number of aromatic hydroxyl groups is 1. The van der Waals surface area contributed by atoms with Crippen LogP contribution in [-0.4, -0.2) is 30.9 Å². The number of phenolic OH excluding ortho intramolecular Hbond substituents is 1. The molecule has 2 aromatic carbocycles. The van der Waals surface area contributed by atoms with Gasteiger partial charge in [0, 0.05) is 3.57 Å². The van der Waals surface area contributed by atoms with E-state index in [0.29, 0.717) is 17.1 Å². The van der Waals surface area contributed by atoms with Crippen molar-refractivity contribution in [2.75, 3.05) is 13.7 Å². The summed E-state index contributed by atoms with van der Waals surface area (Å²) in [6, 6.07) is 8.75. The van der Waals surface area contributed by atoms with Crippen LogP contribution in [0.5, 0.6) is 17.2 Å². The quantitative estimate of drug-likeness (QED) is 0.400. The highest BCUT2D eigenvalue weighted by atomic mass is 127. The van der Waals surface area contributed by atoms with Crippen LogP contribution in [0.3, 0.4) is 0 Å². The Bertz CT molecular complexity index is 783. The Morgan fingerprint density at radius 3 is 2.60 bits per heavy atom. The Morgan fingerprint density at radius 1 is 1.28 bits per heavy atom. The predicted molar refractivity (Wildman–Crippen MR) is 105 cm³/mol. The van der Waals surface area contributed by atoms with Crippen LogP contribution < -0.4 is 14.9 Å². The van der Waals surface area contributed by atoms with Gasteiger partial charge >= 0.3 is 0 Å². The third kappa shape index (κ3) is 5.35. The van der Waals surface area contributed by atoms with Gasteiger partial charge in [0.2, 0.25) is 0 Å².